The van der Waals surface area contributed by atoms with E-state index in [2.05, 4.69) is 29.8 Å². The molecule has 0 aliphatic carbocycles. The Bertz CT molecular complexity index is 297. The van der Waals surface area contributed by atoms with Crippen LogP contribution in [0.15, 0.2) is 18.3 Å². The van der Waals surface area contributed by atoms with Crippen molar-refractivity contribution in [2.75, 3.05) is 18.0 Å². The molecule has 0 aliphatic rings. The molecule has 1 aromatic rings. The lowest BCUT2D eigenvalue weighted by Gasteiger charge is -2.24. The Morgan fingerprint density at radius 2 is 2.20 bits per heavy atom. The Kier molecular flexibility index (Phi) is 4.56. The van der Waals surface area contributed by atoms with Crippen molar-refractivity contribution >= 4 is 5.82 Å². The quantitative estimate of drug-likeness (QED) is 0.805. The van der Waals surface area contributed by atoms with Crippen LogP contribution in [0, 0.1) is 0 Å². The smallest absolute Gasteiger partial charge is 0.133 e. The fourth-order valence-corrected chi connectivity index (χ4v) is 1.71. The van der Waals surface area contributed by atoms with Gasteiger partial charge in [0.25, 0.3) is 0 Å². The fraction of sp³-hybridized carbons (Fsp3) is 0.583. The van der Waals surface area contributed by atoms with Crippen LogP contribution in [-0.4, -0.2) is 18.1 Å². The van der Waals surface area contributed by atoms with Crippen molar-refractivity contribution in [3.8, 4) is 0 Å². The number of nitrogens with zero attached hydrogens (tertiary/aromatic N) is 2. The van der Waals surface area contributed by atoms with Crippen molar-refractivity contribution in [2.45, 2.75) is 33.2 Å². The summed E-state index contributed by atoms with van der Waals surface area (Å²) in [5, 5.41) is 0. The maximum Gasteiger partial charge on any atom is 0.133 e. The highest BCUT2D eigenvalue weighted by atomic mass is 15.2. The van der Waals surface area contributed by atoms with Crippen LogP contribution in [0.1, 0.15) is 38.8 Å². The van der Waals surface area contributed by atoms with Gasteiger partial charge in [-0.2, -0.15) is 0 Å². The second-order valence-electron chi connectivity index (χ2n) is 3.78. The zero-order valence-electron chi connectivity index (χ0n) is 9.90. The van der Waals surface area contributed by atoms with Crippen molar-refractivity contribution in [3.05, 3.63) is 23.9 Å². The molecular weight excluding hydrogens is 186 g/mol. The average molecular weight is 207 g/mol. The molecule has 0 saturated heterocycles. The van der Waals surface area contributed by atoms with Gasteiger partial charge in [0.05, 0.1) is 0 Å². The van der Waals surface area contributed by atoms with Gasteiger partial charge in [0, 0.05) is 30.9 Å². The van der Waals surface area contributed by atoms with E-state index in [0.29, 0.717) is 0 Å². The van der Waals surface area contributed by atoms with Crippen LogP contribution in [0.2, 0.25) is 0 Å². The third kappa shape index (κ3) is 2.93. The maximum absolute atomic E-state index is 5.94. The minimum atomic E-state index is 0.0413. The summed E-state index contributed by atoms with van der Waals surface area (Å²) in [4.78, 5) is 6.71. The SMILES string of the molecule is CCCN(CC)c1ncccc1[C@@H](C)N. The summed E-state index contributed by atoms with van der Waals surface area (Å²) in [7, 11) is 0. The van der Waals surface area contributed by atoms with Gasteiger partial charge in [-0.15, -0.1) is 0 Å². The van der Waals surface area contributed by atoms with Gasteiger partial charge < -0.3 is 10.6 Å². The van der Waals surface area contributed by atoms with Gasteiger partial charge in [-0.05, 0) is 26.3 Å². The number of hydrogen-bond acceptors (Lipinski definition) is 3. The van der Waals surface area contributed by atoms with Crippen LogP contribution in [0.5, 0.6) is 0 Å². The molecule has 0 fully saturated rings. The second kappa shape index (κ2) is 5.71. The summed E-state index contributed by atoms with van der Waals surface area (Å²) < 4.78 is 0. The van der Waals surface area contributed by atoms with Crippen LogP contribution in [0.3, 0.4) is 0 Å². The van der Waals surface area contributed by atoms with Crippen LogP contribution < -0.4 is 10.6 Å². The Morgan fingerprint density at radius 3 is 2.73 bits per heavy atom. The average Bonchev–Trinajstić information content (AvgIpc) is 2.26. The monoisotopic (exact) mass is 207 g/mol. The second-order valence-corrected chi connectivity index (χ2v) is 3.78. The highest BCUT2D eigenvalue weighted by molar-refractivity contribution is 5.48. The van der Waals surface area contributed by atoms with Crippen LogP contribution in [-0.2, 0) is 0 Å². The zero-order chi connectivity index (χ0) is 11.3. The molecule has 84 valence electrons. The molecule has 0 spiro atoms. The lowest BCUT2D eigenvalue weighted by molar-refractivity contribution is 0.746. The summed E-state index contributed by atoms with van der Waals surface area (Å²) in [6.45, 7) is 8.34. The topological polar surface area (TPSA) is 42.2 Å². The molecule has 0 unspecified atom stereocenters. The summed E-state index contributed by atoms with van der Waals surface area (Å²) in [5.41, 5.74) is 7.07. The molecule has 0 bridgehead atoms. The van der Waals surface area contributed by atoms with Gasteiger partial charge in [-0.3, -0.25) is 0 Å². The van der Waals surface area contributed by atoms with Crippen molar-refractivity contribution in [2.24, 2.45) is 5.73 Å². The molecule has 0 aromatic carbocycles. The molecular formula is C12H21N3. The van der Waals surface area contributed by atoms with E-state index in [0.717, 1.165) is 30.9 Å². The molecule has 15 heavy (non-hydrogen) atoms. The molecule has 3 nitrogen and oxygen atoms in total. The Hall–Kier alpha value is -1.09. The van der Waals surface area contributed by atoms with Gasteiger partial charge in [-0.25, -0.2) is 4.98 Å². The number of rotatable bonds is 5. The third-order valence-corrected chi connectivity index (χ3v) is 2.48. The van der Waals surface area contributed by atoms with Gasteiger partial charge in [0.2, 0.25) is 0 Å². The minimum Gasteiger partial charge on any atom is -0.357 e. The molecule has 1 atom stereocenters. The first kappa shape index (κ1) is 12.0. The van der Waals surface area contributed by atoms with E-state index < -0.39 is 0 Å². The van der Waals surface area contributed by atoms with Crippen LogP contribution >= 0.6 is 0 Å². The van der Waals surface area contributed by atoms with Gasteiger partial charge >= 0.3 is 0 Å². The highest BCUT2D eigenvalue weighted by Crippen LogP contribution is 2.22. The van der Waals surface area contributed by atoms with Gasteiger partial charge in [0.1, 0.15) is 5.82 Å². The van der Waals surface area contributed by atoms with E-state index in [4.69, 9.17) is 5.73 Å². The molecule has 0 radical (unpaired) electrons. The summed E-state index contributed by atoms with van der Waals surface area (Å²) in [6, 6.07) is 4.05. The standard InChI is InChI=1S/C12H21N3/c1-4-9-15(5-2)12-11(10(3)13)7-6-8-14-12/h6-8,10H,4-5,9,13H2,1-3H3/t10-/m1/s1. The molecule has 1 heterocycles. The third-order valence-electron chi connectivity index (χ3n) is 2.48. The van der Waals surface area contributed by atoms with E-state index >= 15 is 0 Å². The van der Waals surface area contributed by atoms with E-state index in [1.807, 2.05) is 19.2 Å². The lowest BCUT2D eigenvalue weighted by Crippen LogP contribution is -2.26. The van der Waals surface area contributed by atoms with Crippen LogP contribution in [0.4, 0.5) is 5.82 Å². The fourth-order valence-electron chi connectivity index (χ4n) is 1.71. The number of anilines is 1. The predicted octanol–water partition coefficient (Wildman–Crippen LogP) is 2.34. The molecule has 1 rings (SSSR count). The Balaban J connectivity index is 2.99. The predicted molar refractivity (Wildman–Crippen MR) is 65.0 cm³/mol. The number of pyridine rings is 1. The number of hydrogen-bond donors (Lipinski definition) is 1. The Morgan fingerprint density at radius 1 is 1.47 bits per heavy atom. The summed E-state index contributed by atoms with van der Waals surface area (Å²) in [5.74, 6) is 1.04. The van der Waals surface area contributed by atoms with E-state index in [9.17, 15) is 0 Å². The van der Waals surface area contributed by atoms with E-state index in [1.165, 1.54) is 0 Å². The molecule has 0 saturated carbocycles. The van der Waals surface area contributed by atoms with E-state index in [-0.39, 0.29) is 6.04 Å². The lowest BCUT2D eigenvalue weighted by atomic mass is 10.1. The normalized spacial score (nSPS) is 12.5. The highest BCUT2D eigenvalue weighted by Gasteiger charge is 2.12. The van der Waals surface area contributed by atoms with Crippen molar-refractivity contribution in [3.63, 3.8) is 0 Å². The van der Waals surface area contributed by atoms with Gasteiger partial charge in [-0.1, -0.05) is 13.0 Å². The first-order valence-corrected chi connectivity index (χ1v) is 5.66. The molecule has 3 heteroatoms. The summed E-state index contributed by atoms with van der Waals surface area (Å²) in [6.07, 6.45) is 2.96. The van der Waals surface area contributed by atoms with Crippen LogP contribution in [0.25, 0.3) is 0 Å². The first-order valence-electron chi connectivity index (χ1n) is 5.66. The van der Waals surface area contributed by atoms with E-state index in [1.54, 1.807) is 0 Å². The summed E-state index contributed by atoms with van der Waals surface area (Å²) >= 11 is 0. The van der Waals surface area contributed by atoms with Crippen molar-refractivity contribution in [1.29, 1.82) is 0 Å². The molecule has 1 aromatic heterocycles. The van der Waals surface area contributed by atoms with Crippen molar-refractivity contribution < 1.29 is 0 Å². The Labute approximate surface area is 92.3 Å². The van der Waals surface area contributed by atoms with Gasteiger partial charge in [0.15, 0.2) is 0 Å². The molecule has 0 amide bonds. The zero-order valence-corrected chi connectivity index (χ0v) is 9.90. The largest absolute Gasteiger partial charge is 0.357 e. The minimum absolute atomic E-state index is 0.0413. The molecule has 2 N–H and O–H groups in total. The number of nitrogens with two attached hydrogens (primary N) is 1. The molecule has 0 aliphatic heterocycles. The van der Waals surface area contributed by atoms with Crippen molar-refractivity contribution in [1.82, 2.24) is 4.98 Å². The maximum atomic E-state index is 5.94. The first-order chi connectivity index (χ1) is 7.20. The number of aromatic nitrogens is 1.